The predicted molar refractivity (Wildman–Crippen MR) is 111 cm³/mol. The van der Waals surface area contributed by atoms with Crippen molar-refractivity contribution in [3.63, 3.8) is 0 Å². The van der Waals surface area contributed by atoms with Gasteiger partial charge in [0.2, 0.25) is 0 Å². The van der Waals surface area contributed by atoms with E-state index in [-0.39, 0.29) is 11.7 Å². The topological polar surface area (TPSA) is 98.7 Å². The summed E-state index contributed by atoms with van der Waals surface area (Å²) in [6.45, 7) is 6.00. The lowest BCUT2D eigenvalue weighted by atomic mass is 10.1. The first-order valence-electron chi connectivity index (χ1n) is 9.12. The summed E-state index contributed by atoms with van der Waals surface area (Å²) in [5.74, 6) is 1.14. The van der Waals surface area contributed by atoms with E-state index in [1.54, 1.807) is 4.52 Å². The Morgan fingerprint density at radius 3 is 2.90 bits per heavy atom. The van der Waals surface area contributed by atoms with Gasteiger partial charge in [-0.1, -0.05) is 13.5 Å². The molecule has 2 aromatic heterocycles. The molecule has 0 radical (unpaired) electrons. The fourth-order valence-corrected chi connectivity index (χ4v) is 3.18. The lowest BCUT2D eigenvalue weighted by Crippen LogP contribution is -2.09. The standard InChI is InChI=1S/C18H20FN5O2.C2H5N/c1-10-8-26-9-11-4-13(19)17(25-3)14(5-11)22-15-6-16(20-2)24-18(23-15)12(10)7-21-24;1-2-3/h4-7,10,20H,8-9H2,1-3H3,(H,22,23);2H,1,3H2. The first-order valence-corrected chi connectivity index (χ1v) is 9.12. The second-order valence-electron chi connectivity index (χ2n) is 6.55. The summed E-state index contributed by atoms with van der Waals surface area (Å²) in [6.07, 6.45) is 3.06. The third-order valence-electron chi connectivity index (χ3n) is 4.49. The molecule has 4 N–H and O–H groups in total. The van der Waals surface area contributed by atoms with Crippen molar-refractivity contribution in [1.82, 2.24) is 14.6 Å². The van der Waals surface area contributed by atoms with Crippen molar-refractivity contribution in [2.45, 2.75) is 19.4 Å². The maximum Gasteiger partial charge on any atom is 0.178 e. The normalized spacial score (nSPS) is 15.4. The number of anilines is 3. The summed E-state index contributed by atoms with van der Waals surface area (Å²) in [6, 6.07) is 5.07. The molecular formula is C20H25FN6O2. The van der Waals surface area contributed by atoms with E-state index in [1.165, 1.54) is 19.4 Å². The van der Waals surface area contributed by atoms with Gasteiger partial charge in [-0.25, -0.2) is 9.37 Å². The Morgan fingerprint density at radius 1 is 1.45 bits per heavy atom. The molecule has 0 saturated heterocycles. The monoisotopic (exact) mass is 400 g/mol. The van der Waals surface area contributed by atoms with Crippen molar-refractivity contribution in [1.29, 1.82) is 0 Å². The van der Waals surface area contributed by atoms with E-state index < -0.39 is 5.82 Å². The number of methoxy groups -OCH3 is 1. The first-order chi connectivity index (χ1) is 14.0. The fraction of sp³-hybridized carbons (Fsp3) is 0.300. The highest BCUT2D eigenvalue weighted by molar-refractivity contribution is 5.70. The molecule has 1 aromatic carbocycles. The largest absolute Gasteiger partial charge is 0.492 e. The van der Waals surface area contributed by atoms with E-state index in [1.807, 2.05) is 25.4 Å². The number of hydrogen-bond donors (Lipinski definition) is 3. The van der Waals surface area contributed by atoms with Gasteiger partial charge in [0, 0.05) is 24.6 Å². The molecule has 0 amide bonds. The average molecular weight is 400 g/mol. The summed E-state index contributed by atoms with van der Waals surface area (Å²) in [4.78, 5) is 4.68. The highest BCUT2D eigenvalue weighted by Gasteiger charge is 2.19. The average Bonchev–Trinajstić information content (AvgIpc) is 3.11. The minimum absolute atomic E-state index is 0.0990. The number of halogens is 1. The first kappa shape index (κ1) is 20.4. The van der Waals surface area contributed by atoms with Gasteiger partial charge in [0.05, 0.1) is 32.2 Å². The van der Waals surface area contributed by atoms with Gasteiger partial charge >= 0.3 is 0 Å². The van der Waals surface area contributed by atoms with E-state index in [9.17, 15) is 4.39 Å². The van der Waals surface area contributed by atoms with Gasteiger partial charge in [0.1, 0.15) is 11.6 Å². The van der Waals surface area contributed by atoms with Gasteiger partial charge in [-0.05, 0) is 23.9 Å². The third-order valence-corrected chi connectivity index (χ3v) is 4.49. The Morgan fingerprint density at radius 2 is 2.21 bits per heavy atom. The lowest BCUT2D eigenvalue weighted by Gasteiger charge is -2.17. The van der Waals surface area contributed by atoms with E-state index in [2.05, 4.69) is 40.0 Å². The van der Waals surface area contributed by atoms with Crippen molar-refractivity contribution >= 4 is 23.0 Å². The molecular weight excluding hydrogens is 375 g/mol. The van der Waals surface area contributed by atoms with Crippen molar-refractivity contribution in [2.24, 2.45) is 5.73 Å². The van der Waals surface area contributed by atoms with Gasteiger partial charge in [-0.3, -0.25) is 0 Å². The maximum atomic E-state index is 14.4. The van der Waals surface area contributed by atoms with Crippen LogP contribution < -0.4 is 21.1 Å². The summed E-state index contributed by atoms with van der Waals surface area (Å²) in [5.41, 5.74) is 7.56. The number of aromatic nitrogens is 3. The molecule has 29 heavy (non-hydrogen) atoms. The minimum Gasteiger partial charge on any atom is -0.492 e. The molecule has 1 aliphatic rings. The molecule has 4 bridgehead atoms. The van der Waals surface area contributed by atoms with Gasteiger partial charge in [0.15, 0.2) is 17.2 Å². The van der Waals surface area contributed by atoms with Crippen molar-refractivity contribution < 1.29 is 13.9 Å². The molecule has 1 aliphatic heterocycles. The summed E-state index contributed by atoms with van der Waals surface area (Å²) in [7, 11) is 3.26. The van der Waals surface area contributed by atoms with E-state index >= 15 is 0 Å². The Bertz CT molecular complexity index is 1020. The second kappa shape index (κ2) is 8.78. The quantitative estimate of drug-likeness (QED) is 0.606. The molecule has 0 spiro atoms. The Balaban J connectivity index is 0.000000755. The SMILES string of the molecule is C=CN.CNc1cc2nc3c(cnn13)C(C)COCc1cc(F)c(OC)c(c1)N2. The molecule has 9 heteroatoms. The lowest BCUT2D eigenvalue weighted by molar-refractivity contribution is 0.110. The van der Waals surface area contributed by atoms with Crippen molar-refractivity contribution in [3.8, 4) is 5.75 Å². The van der Waals surface area contributed by atoms with Crippen molar-refractivity contribution in [3.05, 3.63) is 54.1 Å². The second-order valence-corrected chi connectivity index (χ2v) is 6.55. The molecule has 3 aromatic rings. The molecule has 1 unspecified atom stereocenters. The molecule has 0 aliphatic carbocycles. The van der Waals surface area contributed by atoms with E-state index in [4.69, 9.17) is 9.47 Å². The van der Waals surface area contributed by atoms with Crippen LogP contribution in [0.4, 0.5) is 21.7 Å². The minimum atomic E-state index is -0.443. The van der Waals surface area contributed by atoms with Crippen LogP contribution in [-0.4, -0.2) is 35.4 Å². The predicted octanol–water partition coefficient (Wildman–Crippen LogP) is 3.38. The van der Waals surface area contributed by atoms with Crippen LogP contribution in [0.3, 0.4) is 0 Å². The molecule has 154 valence electrons. The highest BCUT2D eigenvalue weighted by Crippen LogP contribution is 2.34. The number of benzene rings is 1. The zero-order chi connectivity index (χ0) is 21.0. The molecule has 0 fully saturated rings. The highest BCUT2D eigenvalue weighted by atomic mass is 19.1. The van der Waals surface area contributed by atoms with Gasteiger partial charge in [-0.2, -0.15) is 9.61 Å². The van der Waals surface area contributed by atoms with E-state index in [0.29, 0.717) is 24.7 Å². The molecule has 8 nitrogen and oxygen atoms in total. The number of nitrogens with two attached hydrogens (primary N) is 1. The number of rotatable bonds is 2. The number of fused-ring (bicyclic) bond motifs is 3. The third kappa shape index (κ3) is 4.09. The van der Waals surface area contributed by atoms with Gasteiger partial charge in [0.25, 0.3) is 0 Å². The smallest absolute Gasteiger partial charge is 0.178 e. The molecule has 1 atom stereocenters. The Labute approximate surface area is 168 Å². The van der Waals surface area contributed by atoms with Crippen LogP contribution in [0, 0.1) is 5.82 Å². The number of nitrogens with zero attached hydrogens (tertiary/aromatic N) is 3. The Kier molecular flexibility index (Phi) is 6.18. The van der Waals surface area contributed by atoms with Gasteiger partial charge in [-0.15, -0.1) is 0 Å². The molecule has 4 rings (SSSR count). The van der Waals surface area contributed by atoms with Crippen LogP contribution in [0.15, 0.2) is 37.2 Å². The summed E-state index contributed by atoms with van der Waals surface area (Å²) >= 11 is 0. The van der Waals surface area contributed by atoms with Crippen LogP contribution in [0.1, 0.15) is 24.0 Å². The maximum absolute atomic E-state index is 14.4. The number of hydrogen-bond acceptors (Lipinski definition) is 7. The van der Waals surface area contributed by atoms with Crippen molar-refractivity contribution in [2.75, 3.05) is 31.4 Å². The zero-order valence-corrected chi connectivity index (χ0v) is 16.7. The van der Waals surface area contributed by atoms with Crippen LogP contribution in [-0.2, 0) is 11.3 Å². The zero-order valence-electron chi connectivity index (χ0n) is 16.7. The van der Waals surface area contributed by atoms with Crippen LogP contribution in [0.25, 0.3) is 5.65 Å². The number of nitrogens with one attached hydrogen (secondary N) is 2. The fourth-order valence-electron chi connectivity index (χ4n) is 3.18. The molecule has 0 saturated carbocycles. The Hall–Kier alpha value is -3.33. The van der Waals surface area contributed by atoms with Crippen LogP contribution in [0.2, 0.25) is 0 Å². The molecule has 3 heterocycles. The van der Waals surface area contributed by atoms with Crippen LogP contribution in [0.5, 0.6) is 5.75 Å². The van der Waals surface area contributed by atoms with Gasteiger partial charge < -0.3 is 25.8 Å². The summed E-state index contributed by atoms with van der Waals surface area (Å²) < 4.78 is 27.2. The van der Waals surface area contributed by atoms with Crippen LogP contribution >= 0.6 is 0 Å². The summed E-state index contributed by atoms with van der Waals surface area (Å²) in [5, 5.41) is 10.7. The number of ether oxygens (including phenoxy) is 2. The van der Waals surface area contributed by atoms with E-state index in [0.717, 1.165) is 22.6 Å².